The number of piperidine rings is 1. The Morgan fingerprint density at radius 3 is 2.59 bits per heavy atom. The summed E-state index contributed by atoms with van der Waals surface area (Å²) in [4.78, 5) is 22.3. The van der Waals surface area contributed by atoms with E-state index in [0.29, 0.717) is 32.1 Å². The standard InChI is InChI=1S/C23H37N5O3.HI/c1-4-30-23(29)28-13-10-19(11-14-28)27-22(24-3)26-16-18-9-12-25-21(15-18)31-20-7-5-17(2)6-8-20;/h9,12,15,17,19-20H,4-8,10-11,13-14,16H2,1-3H3,(H2,24,26,27);1H. The molecule has 3 rings (SSSR count). The number of nitrogens with one attached hydrogen (secondary N) is 2. The van der Waals surface area contributed by atoms with Crippen LogP contribution in [0, 0.1) is 5.92 Å². The van der Waals surface area contributed by atoms with Gasteiger partial charge in [-0.25, -0.2) is 9.78 Å². The van der Waals surface area contributed by atoms with Gasteiger partial charge in [0.25, 0.3) is 0 Å². The number of nitrogens with zero attached hydrogens (tertiary/aromatic N) is 3. The van der Waals surface area contributed by atoms with Crippen LogP contribution in [0.3, 0.4) is 0 Å². The lowest BCUT2D eigenvalue weighted by molar-refractivity contribution is 0.0963. The van der Waals surface area contributed by atoms with Gasteiger partial charge in [-0.15, -0.1) is 24.0 Å². The van der Waals surface area contributed by atoms with Gasteiger partial charge in [-0.05, 0) is 63.0 Å². The van der Waals surface area contributed by atoms with Gasteiger partial charge in [0.05, 0.1) is 6.61 Å². The fourth-order valence-corrected chi connectivity index (χ4v) is 4.14. The first-order valence-corrected chi connectivity index (χ1v) is 11.6. The molecule has 8 nitrogen and oxygen atoms in total. The highest BCUT2D eigenvalue weighted by Crippen LogP contribution is 2.26. The normalized spacial score (nSPS) is 22.0. The first-order chi connectivity index (χ1) is 15.1. The van der Waals surface area contributed by atoms with E-state index in [9.17, 15) is 4.79 Å². The molecule has 1 saturated carbocycles. The third kappa shape index (κ3) is 8.29. The van der Waals surface area contributed by atoms with Gasteiger partial charge in [0.1, 0.15) is 6.10 Å². The lowest BCUT2D eigenvalue weighted by Crippen LogP contribution is -2.49. The van der Waals surface area contributed by atoms with Crippen molar-refractivity contribution in [3.63, 3.8) is 0 Å². The third-order valence-corrected chi connectivity index (χ3v) is 6.09. The van der Waals surface area contributed by atoms with Crippen LogP contribution in [0.4, 0.5) is 4.79 Å². The number of amides is 1. The third-order valence-electron chi connectivity index (χ3n) is 6.09. The van der Waals surface area contributed by atoms with E-state index in [-0.39, 0.29) is 42.2 Å². The molecule has 1 aromatic heterocycles. The highest BCUT2D eigenvalue weighted by Gasteiger charge is 2.24. The Morgan fingerprint density at radius 2 is 1.94 bits per heavy atom. The molecule has 2 aliphatic rings. The van der Waals surface area contributed by atoms with Crippen LogP contribution in [0.25, 0.3) is 0 Å². The number of carbonyl (C=O) groups is 1. The molecule has 0 aromatic carbocycles. The first-order valence-electron chi connectivity index (χ1n) is 11.6. The average molecular weight is 559 g/mol. The maximum absolute atomic E-state index is 11.8. The van der Waals surface area contributed by atoms with Crippen molar-refractivity contribution in [3.05, 3.63) is 23.9 Å². The fraction of sp³-hybridized carbons (Fsp3) is 0.696. The van der Waals surface area contributed by atoms with Crippen LogP contribution in [-0.4, -0.2) is 60.8 Å². The summed E-state index contributed by atoms with van der Waals surface area (Å²) in [5.74, 6) is 2.27. The van der Waals surface area contributed by atoms with E-state index >= 15 is 0 Å². The smallest absolute Gasteiger partial charge is 0.409 e. The van der Waals surface area contributed by atoms with E-state index in [2.05, 4.69) is 27.5 Å². The number of ether oxygens (including phenoxy) is 2. The minimum atomic E-state index is -0.220. The summed E-state index contributed by atoms with van der Waals surface area (Å²) < 4.78 is 11.2. The van der Waals surface area contributed by atoms with Crippen molar-refractivity contribution in [1.82, 2.24) is 20.5 Å². The quantitative estimate of drug-likeness (QED) is 0.312. The minimum Gasteiger partial charge on any atom is -0.474 e. The summed E-state index contributed by atoms with van der Waals surface area (Å²) >= 11 is 0. The number of halogens is 1. The van der Waals surface area contributed by atoms with Crippen LogP contribution >= 0.6 is 24.0 Å². The van der Waals surface area contributed by atoms with E-state index in [4.69, 9.17) is 9.47 Å². The van der Waals surface area contributed by atoms with E-state index in [1.54, 1.807) is 18.1 Å². The molecule has 0 spiro atoms. The molecule has 1 saturated heterocycles. The van der Waals surface area contributed by atoms with Crippen molar-refractivity contribution >= 4 is 36.0 Å². The number of hydrogen-bond acceptors (Lipinski definition) is 5. The van der Waals surface area contributed by atoms with E-state index < -0.39 is 0 Å². The second-order valence-corrected chi connectivity index (χ2v) is 8.53. The lowest BCUT2D eigenvalue weighted by atomic mass is 9.89. The lowest BCUT2D eigenvalue weighted by Gasteiger charge is -2.32. The molecular formula is C23H38IN5O3. The SMILES string of the molecule is CCOC(=O)N1CCC(NC(=NC)NCc2ccnc(OC3CCC(C)CC3)c2)CC1.I. The van der Waals surface area contributed by atoms with Crippen molar-refractivity contribution in [2.24, 2.45) is 10.9 Å². The Labute approximate surface area is 208 Å². The number of likely N-dealkylation sites (tertiary alicyclic amines) is 1. The predicted molar refractivity (Wildman–Crippen MR) is 137 cm³/mol. The topological polar surface area (TPSA) is 88.1 Å². The Kier molecular flexibility index (Phi) is 11.3. The van der Waals surface area contributed by atoms with Crippen LogP contribution in [0.2, 0.25) is 0 Å². The summed E-state index contributed by atoms with van der Waals surface area (Å²) in [5.41, 5.74) is 1.11. The minimum absolute atomic E-state index is 0. The Hall–Kier alpha value is -1.78. The number of aliphatic imine (C=N–C) groups is 1. The molecule has 1 aliphatic carbocycles. The molecule has 0 bridgehead atoms. The second-order valence-electron chi connectivity index (χ2n) is 8.53. The molecule has 1 aromatic rings. The summed E-state index contributed by atoms with van der Waals surface area (Å²) in [6.45, 7) is 6.58. The molecular weight excluding hydrogens is 521 g/mol. The number of hydrogen-bond donors (Lipinski definition) is 2. The summed E-state index contributed by atoms with van der Waals surface area (Å²) in [5, 5.41) is 6.84. The van der Waals surface area contributed by atoms with Crippen LogP contribution in [0.5, 0.6) is 5.88 Å². The molecule has 2 heterocycles. The Bertz CT molecular complexity index is 732. The van der Waals surface area contributed by atoms with Crippen molar-refractivity contribution in [3.8, 4) is 5.88 Å². The van der Waals surface area contributed by atoms with Crippen molar-refractivity contribution in [2.75, 3.05) is 26.7 Å². The van der Waals surface area contributed by atoms with Crippen molar-refractivity contribution in [2.45, 2.75) is 71.1 Å². The Balaban J connectivity index is 0.00000363. The maximum Gasteiger partial charge on any atom is 0.409 e. The zero-order chi connectivity index (χ0) is 22.1. The van der Waals surface area contributed by atoms with Crippen molar-refractivity contribution in [1.29, 1.82) is 0 Å². The predicted octanol–water partition coefficient (Wildman–Crippen LogP) is 3.94. The van der Waals surface area contributed by atoms with Gasteiger partial charge in [0, 0.05) is 45.0 Å². The molecule has 2 N–H and O–H groups in total. The monoisotopic (exact) mass is 559 g/mol. The molecule has 32 heavy (non-hydrogen) atoms. The second kappa shape index (κ2) is 13.7. The molecule has 0 unspecified atom stereocenters. The van der Waals surface area contributed by atoms with Gasteiger partial charge in [-0.1, -0.05) is 6.92 Å². The number of pyridine rings is 1. The Morgan fingerprint density at radius 1 is 1.22 bits per heavy atom. The number of guanidine groups is 1. The van der Waals surface area contributed by atoms with Gasteiger partial charge in [0.2, 0.25) is 5.88 Å². The largest absolute Gasteiger partial charge is 0.474 e. The number of rotatable bonds is 6. The van der Waals surface area contributed by atoms with Gasteiger partial charge in [-0.2, -0.15) is 0 Å². The average Bonchev–Trinajstić information content (AvgIpc) is 2.79. The molecule has 2 fully saturated rings. The summed E-state index contributed by atoms with van der Waals surface area (Å²) in [6, 6.07) is 4.28. The van der Waals surface area contributed by atoms with E-state index in [1.165, 1.54) is 12.8 Å². The molecule has 1 aliphatic heterocycles. The summed E-state index contributed by atoms with van der Waals surface area (Å²) in [6.07, 6.45) is 8.27. The van der Waals surface area contributed by atoms with Gasteiger partial charge < -0.3 is 25.0 Å². The van der Waals surface area contributed by atoms with Gasteiger partial charge in [0.15, 0.2) is 5.96 Å². The molecule has 0 atom stereocenters. The maximum atomic E-state index is 11.8. The van der Waals surface area contributed by atoms with Crippen LogP contribution in [0.15, 0.2) is 23.3 Å². The van der Waals surface area contributed by atoms with Crippen LogP contribution < -0.4 is 15.4 Å². The van der Waals surface area contributed by atoms with Gasteiger partial charge >= 0.3 is 6.09 Å². The first kappa shape index (κ1) is 26.5. The summed E-state index contributed by atoms with van der Waals surface area (Å²) in [7, 11) is 1.77. The number of carbonyl (C=O) groups excluding carboxylic acids is 1. The molecule has 9 heteroatoms. The zero-order valence-corrected chi connectivity index (χ0v) is 21.8. The van der Waals surface area contributed by atoms with E-state index in [1.807, 2.05) is 19.1 Å². The highest BCUT2D eigenvalue weighted by atomic mass is 127. The van der Waals surface area contributed by atoms with Crippen LogP contribution in [-0.2, 0) is 11.3 Å². The number of aromatic nitrogens is 1. The van der Waals surface area contributed by atoms with Crippen molar-refractivity contribution < 1.29 is 14.3 Å². The fourth-order valence-electron chi connectivity index (χ4n) is 4.14. The molecule has 0 radical (unpaired) electrons. The van der Waals surface area contributed by atoms with Gasteiger partial charge in [-0.3, -0.25) is 4.99 Å². The molecule has 180 valence electrons. The van der Waals surface area contributed by atoms with Crippen LogP contribution in [0.1, 0.15) is 57.9 Å². The highest BCUT2D eigenvalue weighted by molar-refractivity contribution is 14.0. The molecule has 1 amide bonds. The zero-order valence-electron chi connectivity index (χ0n) is 19.5. The van der Waals surface area contributed by atoms with E-state index in [0.717, 1.165) is 43.1 Å².